The van der Waals surface area contributed by atoms with E-state index in [-0.39, 0.29) is 5.56 Å². The molecule has 186 valence electrons. The molecule has 0 unspecified atom stereocenters. The number of likely N-dealkylation sites (tertiary alicyclic amines) is 1. The summed E-state index contributed by atoms with van der Waals surface area (Å²) in [6.45, 7) is 6.43. The quantitative estimate of drug-likeness (QED) is 0.310. The van der Waals surface area contributed by atoms with Gasteiger partial charge in [-0.3, -0.25) is 9.36 Å². The fourth-order valence-corrected chi connectivity index (χ4v) is 5.35. The van der Waals surface area contributed by atoms with Gasteiger partial charge < -0.3 is 9.64 Å². The molecule has 1 atom stereocenters. The van der Waals surface area contributed by atoms with Crippen LogP contribution < -0.4 is 5.56 Å². The number of piperidine rings is 1. The van der Waals surface area contributed by atoms with Crippen LogP contribution in [0.3, 0.4) is 0 Å². The Balaban J connectivity index is 1.59. The Morgan fingerprint density at radius 1 is 1.06 bits per heavy atom. The van der Waals surface area contributed by atoms with Gasteiger partial charge in [0.15, 0.2) is 0 Å². The number of benzene rings is 3. The number of hydrogen-bond donors (Lipinski definition) is 0. The van der Waals surface area contributed by atoms with E-state index >= 15 is 0 Å². The van der Waals surface area contributed by atoms with Gasteiger partial charge in [0.05, 0.1) is 17.5 Å². The maximum absolute atomic E-state index is 14.1. The van der Waals surface area contributed by atoms with Crippen molar-refractivity contribution in [3.63, 3.8) is 0 Å². The Kier molecular flexibility index (Phi) is 7.51. The molecule has 0 bridgehead atoms. The minimum absolute atomic E-state index is 0.0167. The number of ether oxygens (including phenoxy) is 1. The largest absolute Gasteiger partial charge is 0.383 e. The van der Waals surface area contributed by atoms with Crippen molar-refractivity contribution in [2.45, 2.75) is 26.3 Å². The van der Waals surface area contributed by atoms with E-state index in [0.717, 1.165) is 72.7 Å². The monoisotopic (exact) mass is 500 g/mol. The zero-order valence-corrected chi connectivity index (χ0v) is 21.7. The summed E-state index contributed by atoms with van der Waals surface area (Å²) >= 11 is 6.09. The Labute approximate surface area is 217 Å². The van der Waals surface area contributed by atoms with Crippen molar-refractivity contribution in [2.24, 2.45) is 5.92 Å². The fourth-order valence-electron chi connectivity index (χ4n) is 5.22. The molecule has 0 aliphatic carbocycles. The Hall–Kier alpha value is -2.99. The molecule has 0 N–H and O–H groups in total. The average molecular weight is 501 g/mol. The van der Waals surface area contributed by atoms with Crippen LogP contribution in [0.2, 0.25) is 5.02 Å². The van der Waals surface area contributed by atoms with E-state index < -0.39 is 0 Å². The zero-order valence-electron chi connectivity index (χ0n) is 20.9. The summed E-state index contributed by atoms with van der Waals surface area (Å²) in [6.07, 6.45) is 2.23. The van der Waals surface area contributed by atoms with E-state index in [1.807, 2.05) is 59.2 Å². The molecule has 0 saturated carbocycles. The van der Waals surface area contributed by atoms with Gasteiger partial charge in [-0.1, -0.05) is 54.1 Å². The number of halogens is 1. The number of nitrogens with zero attached hydrogens (tertiary/aromatic N) is 3. The molecule has 4 aromatic rings. The number of aryl methyl sites for hydroxylation is 1. The van der Waals surface area contributed by atoms with Crippen LogP contribution in [0.1, 0.15) is 18.4 Å². The lowest BCUT2D eigenvalue weighted by Crippen LogP contribution is -2.40. The molecule has 1 aliphatic rings. The van der Waals surface area contributed by atoms with Crippen LogP contribution in [-0.4, -0.2) is 47.8 Å². The molecule has 5 rings (SSSR count). The SMILES string of the molecule is Cc1ccccc1-c1nc2ccc(-c3ccc(Cl)cc3)cc2c(=O)n1C[C@@H]1CCCN(CCO[11CH3])C1. The third-order valence-electron chi connectivity index (χ3n) is 7.17. The highest BCUT2D eigenvalue weighted by atomic mass is 35.5. The molecule has 5 nitrogen and oxygen atoms in total. The normalized spacial score (nSPS) is 16.5. The topological polar surface area (TPSA) is 47.4 Å². The van der Waals surface area contributed by atoms with E-state index in [0.29, 0.717) is 22.9 Å². The molecule has 1 fully saturated rings. The molecule has 36 heavy (non-hydrogen) atoms. The van der Waals surface area contributed by atoms with Gasteiger partial charge in [0.1, 0.15) is 5.82 Å². The molecule has 0 amide bonds. The molecule has 6 heteroatoms. The van der Waals surface area contributed by atoms with Crippen LogP contribution in [0.15, 0.2) is 71.5 Å². The van der Waals surface area contributed by atoms with Crippen molar-refractivity contribution < 1.29 is 4.74 Å². The van der Waals surface area contributed by atoms with Gasteiger partial charge in [0.2, 0.25) is 0 Å². The molecule has 1 saturated heterocycles. The van der Waals surface area contributed by atoms with Crippen LogP contribution >= 0.6 is 11.6 Å². The molecule has 3 aromatic carbocycles. The summed E-state index contributed by atoms with van der Waals surface area (Å²) in [5, 5.41) is 1.34. The summed E-state index contributed by atoms with van der Waals surface area (Å²) in [6, 6.07) is 21.8. The Morgan fingerprint density at radius 2 is 1.83 bits per heavy atom. The van der Waals surface area contributed by atoms with Crippen LogP contribution in [0, 0.1) is 12.8 Å². The third-order valence-corrected chi connectivity index (χ3v) is 7.43. The number of fused-ring (bicyclic) bond motifs is 1. The van der Waals surface area contributed by atoms with Crippen molar-refractivity contribution in [1.82, 2.24) is 14.5 Å². The number of rotatable bonds is 7. The maximum Gasteiger partial charge on any atom is 0.261 e. The van der Waals surface area contributed by atoms with E-state index in [2.05, 4.69) is 24.0 Å². The van der Waals surface area contributed by atoms with Crippen molar-refractivity contribution in [3.05, 3.63) is 87.7 Å². The van der Waals surface area contributed by atoms with E-state index in [4.69, 9.17) is 21.3 Å². The maximum atomic E-state index is 14.1. The van der Waals surface area contributed by atoms with Crippen LogP contribution in [0.25, 0.3) is 33.4 Å². The zero-order chi connectivity index (χ0) is 25.1. The molecular formula is C30H32ClN3O2. The second-order valence-electron chi connectivity index (χ2n) is 9.71. The van der Waals surface area contributed by atoms with Crippen LogP contribution in [-0.2, 0) is 11.3 Å². The average Bonchev–Trinajstić information content (AvgIpc) is 2.90. The highest BCUT2D eigenvalue weighted by Crippen LogP contribution is 2.28. The summed E-state index contributed by atoms with van der Waals surface area (Å²) in [5.41, 5.74) is 4.86. The van der Waals surface area contributed by atoms with Crippen LogP contribution in [0.4, 0.5) is 0 Å². The molecule has 0 radical (unpaired) electrons. The minimum Gasteiger partial charge on any atom is -0.383 e. The Bertz CT molecular complexity index is 1410. The number of aromatic nitrogens is 2. The van der Waals surface area contributed by atoms with E-state index in [1.54, 1.807) is 7.11 Å². The van der Waals surface area contributed by atoms with Crippen molar-refractivity contribution in [3.8, 4) is 22.5 Å². The second kappa shape index (κ2) is 11.0. The summed E-state index contributed by atoms with van der Waals surface area (Å²) in [4.78, 5) is 21.6. The fraction of sp³-hybridized carbons (Fsp3) is 0.333. The van der Waals surface area contributed by atoms with Gasteiger partial charge in [-0.15, -0.1) is 0 Å². The summed E-state index contributed by atoms with van der Waals surface area (Å²) in [7, 11) is 1.74. The first-order valence-corrected chi connectivity index (χ1v) is 13.0. The second-order valence-corrected chi connectivity index (χ2v) is 10.1. The van der Waals surface area contributed by atoms with Gasteiger partial charge in [0.25, 0.3) is 5.56 Å². The van der Waals surface area contributed by atoms with Gasteiger partial charge in [-0.2, -0.15) is 0 Å². The smallest absolute Gasteiger partial charge is 0.261 e. The molecule has 2 heterocycles. The van der Waals surface area contributed by atoms with Gasteiger partial charge in [-0.25, -0.2) is 4.98 Å². The Morgan fingerprint density at radius 3 is 2.61 bits per heavy atom. The summed E-state index contributed by atoms with van der Waals surface area (Å²) in [5.74, 6) is 1.13. The molecular weight excluding hydrogens is 469 g/mol. The third kappa shape index (κ3) is 5.24. The molecule has 1 aromatic heterocycles. The van der Waals surface area contributed by atoms with Crippen LogP contribution in [0.5, 0.6) is 0 Å². The van der Waals surface area contributed by atoms with Gasteiger partial charge in [0, 0.05) is 37.3 Å². The predicted octanol–water partition coefficient (Wildman–Crippen LogP) is 6.05. The standard InChI is InChI=1S/C30H32ClN3O2/c1-21-6-3-4-8-26(21)29-32-28-14-11-24(23-9-12-25(31)13-10-23)18-27(28)30(35)34(29)20-22-7-5-15-33(19-22)16-17-36-2/h3-4,6,8-14,18,22H,5,7,15-17,19-20H2,1-2H3/t22-/m1/s1/i2-1. The highest BCUT2D eigenvalue weighted by Gasteiger charge is 2.23. The van der Waals surface area contributed by atoms with Crippen molar-refractivity contribution in [1.29, 1.82) is 0 Å². The van der Waals surface area contributed by atoms with Gasteiger partial charge >= 0.3 is 0 Å². The molecule has 0 spiro atoms. The number of methoxy groups -OCH3 is 1. The van der Waals surface area contributed by atoms with Crippen molar-refractivity contribution >= 4 is 22.5 Å². The van der Waals surface area contributed by atoms with E-state index in [9.17, 15) is 4.79 Å². The van der Waals surface area contributed by atoms with Crippen molar-refractivity contribution in [2.75, 3.05) is 33.4 Å². The predicted molar refractivity (Wildman–Crippen MR) is 148 cm³/mol. The lowest BCUT2D eigenvalue weighted by molar-refractivity contribution is 0.109. The lowest BCUT2D eigenvalue weighted by atomic mass is 9.97. The number of hydrogen-bond acceptors (Lipinski definition) is 4. The first kappa shape index (κ1) is 24.7. The highest BCUT2D eigenvalue weighted by molar-refractivity contribution is 6.30. The molecule has 1 aliphatic heterocycles. The van der Waals surface area contributed by atoms with E-state index in [1.165, 1.54) is 0 Å². The minimum atomic E-state index is 0.0167. The first-order valence-electron chi connectivity index (χ1n) is 12.6. The first-order chi connectivity index (χ1) is 17.5. The summed E-state index contributed by atoms with van der Waals surface area (Å²) < 4.78 is 7.21. The van der Waals surface area contributed by atoms with Gasteiger partial charge in [-0.05, 0) is 73.2 Å². The lowest BCUT2D eigenvalue weighted by Gasteiger charge is -2.33.